The van der Waals surface area contributed by atoms with Crippen molar-refractivity contribution < 1.29 is 9.84 Å². The summed E-state index contributed by atoms with van der Waals surface area (Å²) in [4.78, 5) is 2.24. The molecule has 1 heterocycles. The van der Waals surface area contributed by atoms with Gasteiger partial charge in [0, 0.05) is 19.6 Å². The van der Waals surface area contributed by atoms with Crippen molar-refractivity contribution >= 4 is 0 Å². The molecule has 1 aromatic carbocycles. The molecule has 0 bridgehead atoms. The zero-order valence-electron chi connectivity index (χ0n) is 9.72. The number of likely N-dealkylation sites (tertiary alicyclic amines) is 1. The molecule has 88 valence electrons. The normalized spacial score (nSPS) is 21.2. The second kappa shape index (κ2) is 5.32. The molecule has 0 radical (unpaired) electrons. The Morgan fingerprint density at radius 1 is 1.50 bits per heavy atom. The first-order valence-electron chi connectivity index (χ1n) is 5.84. The van der Waals surface area contributed by atoms with Gasteiger partial charge in [-0.2, -0.15) is 0 Å². The van der Waals surface area contributed by atoms with Crippen LogP contribution in [0.1, 0.15) is 12.0 Å². The lowest BCUT2D eigenvalue weighted by Crippen LogP contribution is -2.27. The van der Waals surface area contributed by atoms with Gasteiger partial charge in [0.2, 0.25) is 0 Å². The summed E-state index contributed by atoms with van der Waals surface area (Å²) in [6.07, 6.45) is 0.753. The highest BCUT2D eigenvalue weighted by Gasteiger charge is 2.19. The molecule has 0 unspecified atom stereocenters. The maximum Gasteiger partial charge on any atom is 0.119 e. The van der Waals surface area contributed by atoms with Gasteiger partial charge in [-0.1, -0.05) is 12.1 Å². The van der Waals surface area contributed by atoms with Crippen molar-refractivity contribution in [1.82, 2.24) is 4.90 Å². The monoisotopic (exact) mass is 221 g/mol. The van der Waals surface area contributed by atoms with Crippen LogP contribution in [0.25, 0.3) is 0 Å². The smallest absolute Gasteiger partial charge is 0.119 e. The predicted molar refractivity (Wildman–Crippen MR) is 63.7 cm³/mol. The van der Waals surface area contributed by atoms with E-state index in [2.05, 4.69) is 17.9 Å². The van der Waals surface area contributed by atoms with Crippen LogP contribution < -0.4 is 4.74 Å². The van der Waals surface area contributed by atoms with E-state index in [0.29, 0.717) is 6.61 Å². The number of ether oxygens (including phenoxy) is 1. The number of hydrogen-bond donors (Lipinski definition) is 1. The highest BCUT2D eigenvalue weighted by molar-refractivity contribution is 5.27. The molecule has 0 amide bonds. The maximum atomic E-state index is 9.37. The molecule has 1 aliphatic rings. The molecule has 0 aliphatic carbocycles. The summed E-state index contributed by atoms with van der Waals surface area (Å²) in [5, 5.41) is 9.37. The van der Waals surface area contributed by atoms with Gasteiger partial charge in [-0.05, 0) is 31.0 Å². The quantitative estimate of drug-likeness (QED) is 0.835. The van der Waals surface area contributed by atoms with Crippen molar-refractivity contribution in [1.29, 1.82) is 0 Å². The van der Waals surface area contributed by atoms with Gasteiger partial charge in [0.05, 0.1) is 6.10 Å². The van der Waals surface area contributed by atoms with Crippen molar-refractivity contribution in [2.24, 2.45) is 0 Å². The number of aliphatic hydroxyl groups excluding tert-OH is 1. The minimum absolute atomic E-state index is 0.140. The fraction of sp³-hybridized carbons (Fsp3) is 0.538. The Morgan fingerprint density at radius 3 is 3.06 bits per heavy atom. The van der Waals surface area contributed by atoms with E-state index in [0.717, 1.165) is 31.8 Å². The van der Waals surface area contributed by atoms with Crippen LogP contribution in [0.4, 0.5) is 0 Å². The average Bonchev–Trinajstić information content (AvgIpc) is 2.64. The molecular weight excluding hydrogens is 202 g/mol. The Hall–Kier alpha value is -1.06. The molecule has 2 rings (SSSR count). The summed E-state index contributed by atoms with van der Waals surface area (Å²) in [5.41, 5.74) is 1.22. The third-order valence-corrected chi connectivity index (χ3v) is 2.91. The average molecular weight is 221 g/mol. The van der Waals surface area contributed by atoms with Crippen molar-refractivity contribution in [3.8, 4) is 5.75 Å². The Labute approximate surface area is 96.6 Å². The van der Waals surface area contributed by atoms with E-state index in [1.165, 1.54) is 5.56 Å². The zero-order chi connectivity index (χ0) is 11.4. The molecule has 1 aliphatic heterocycles. The molecule has 1 N–H and O–H groups in total. The lowest BCUT2D eigenvalue weighted by Gasteiger charge is -2.15. The van der Waals surface area contributed by atoms with Crippen LogP contribution in [0.15, 0.2) is 24.3 Å². The van der Waals surface area contributed by atoms with E-state index in [4.69, 9.17) is 4.74 Å². The second-order valence-electron chi connectivity index (χ2n) is 4.41. The number of hydrogen-bond acceptors (Lipinski definition) is 3. The lowest BCUT2D eigenvalue weighted by atomic mass is 10.2. The lowest BCUT2D eigenvalue weighted by molar-refractivity contribution is 0.167. The minimum atomic E-state index is -0.140. The number of nitrogens with zero attached hydrogens (tertiary/aromatic N) is 1. The molecule has 3 nitrogen and oxygen atoms in total. The molecule has 16 heavy (non-hydrogen) atoms. The van der Waals surface area contributed by atoms with Crippen molar-refractivity contribution in [3.63, 3.8) is 0 Å². The molecule has 3 heteroatoms. The predicted octanol–water partition coefficient (Wildman–Crippen LogP) is 1.44. The SMILES string of the molecule is Cc1cccc(OCCN2CC[C@H](O)C2)c1. The topological polar surface area (TPSA) is 32.7 Å². The fourth-order valence-electron chi connectivity index (χ4n) is 2.01. The summed E-state index contributed by atoms with van der Waals surface area (Å²) in [5.74, 6) is 0.930. The summed E-state index contributed by atoms with van der Waals surface area (Å²) in [6, 6.07) is 8.08. The van der Waals surface area contributed by atoms with Gasteiger partial charge in [0.1, 0.15) is 12.4 Å². The zero-order valence-corrected chi connectivity index (χ0v) is 9.72. The molecule has 0 aromatic heterocycles. The molecule has 1 saturated heterocycles. The number of aliphatic hydroxyl groups is 1. The molecule has 0 saturated carbocycles. The summed E-state index contributed by atoms with van der Waals surface area (Å²) in [7, 11) is 0. The van der Waals surface area contributed by atoms with Crippen LogP contribution >= 0.6 is 0 Å². The van der Waals surface area contributed by atoms with Gasteiger partial charge in [-0.15, -0.1) is 0 Å². The Kier molecular flexibility index (Phi) is 3.80. The molecule has 1 aromatic rings. The highest BCUT2D eigenvalue weighted by atomic mass is 16.5. The van der Waals surface area contributed by atoms with Crippen LogP contribution in [0.3, 0.4) is 0 Å². The molecule has 0 spiro atoms. The number of rotatable bonds is 4. The first-order chi connectivity index (χ1) is 7.74. The van der Waals surface area contributed by atoms with E-state index in [-0.39, 0.29) is 6.10 Å². The standard InChI is InChI=1S/C13H19NO2/c1-11-3-2-4-13(9-11)16-8-7-14-6-5-12(15)10-14/h2-4,9,12,15H,5-8,10H2,1H3/t12-/m0/s1. The van der Waals surface area contributed by atoms with Crippen molar-refractivity contribution in [2.75, 3.05) is 26.2 Å². The van der Waals surface area contributed by atoms with Crippen molar-refractivity contribution in [3.05, 3.63) is 29.8 Å². The van der Waals surface area contributed by atoms with Crippen LogP contribution in [-0.4, -0.2) is 42.4 Å². The Bertz CT molecular complexity index is 340. The minimum Gasteiger partial charge on any atom is -0.492 e. The van der Waals surface area contributed by atoms with Gasteiger partial charge in [0.25, 0.3) is 0 Å². The fourth-order valence-corrected chi connectivity index (χ4v) is 2.01. The number of β-amino-alcohol motifs (C(OH)–C–C–N with tert-alkyl or cyclic N) is 1. The van der Waals surface area contributed by atoms with Gasteiger partial charge < -0.3 is 9.84 Å². The van der Waals surface area contributed by atoms with Crippen LogP contribution in [0, 0.1) is 6.92 Å². The molecule has 1 atom stereocenters. The summed E-state index contributed by atoms with van der Waals surface area (Å²) in [6.45, 7) is 5.42. The number of benzene rings is 1. The highest BCUT2D eigenvalue weighted by Crippen LogP contribution is 2.13. The summed E-state index contributed by atoms with van der Waals surface area (Å²) < 4.78 is 5.66. The van der Waals surface area contributed by atoms with E-state index >= 15 is 0 Å². The Balaban J connectivity index is 1.72. The number of aryl methyl sites for hydroxylation is 1. The van der Waals surface area contributed by atoms with E-state index < -0.39 is 0 Å². The molecule has 1 fully saturated rings. The second-order valence-corrected chi connectivity index (χ2v) is 4.41. The van der Waals surface area contributed by atoms with Crippen LogP contribution in [0.2, 0.25) is 0 Å². The van der Waals surface area contributed by atoms with E-state index in [1.54, 1.807) is 0 Å². The first kappa shape index (κ1) is 11.4. The van der Waals surface area contributed by atoms with E-state index in [9.17, 15) is 5.11 Å². The summed E-state index contributed by atoms with van der Waals surface area (Å²) >= 11 is 0. The third kappa shape index (κ3) is 3.22. The van der Waals surface area contributed by atoms with E-state index in [1.807, 2.05) is 18.2 Å². The third-order valence-electron chi connectivity index (χ3n) is 2.91. The van der Waals surface area contributed by atoms with Gasteiger partial charge >= 0.3 is 0 Å². The van der Waals surface area contributed by atoms with Crippen LogP contribution in [0.5, 0.6) is 5.75 Å². The van der Waals surface area contributed by atoms with Gasteiger partial charge in [0.15, 0.2) is 0 Å². The maximum absolute atomic E-state index is 9.37. The van der Waals surface area contributed by atoms with Crippen LogP contribution in [-0.2, 0) is 0 Å². The van der Waals surface area contributed by atoms with Gasteiger partial charge in [-0.3, -0.25) is 4.90 Å². The van der Waals surface area contributed by atoms with Gasteiger partial charge in [-0.25, -0.2) is 0 Å². The molecular formula is C13H19NO2. The van der Waals surface area contributed by atoms with Crippen molar-refractivity contribution in [2.45, 2.75) is 19.4 Å². The first-order valence-corrected chi connectivity index (χ1v) is 5.84. The Morgan fingerprint density at radius 2 is 2.38 bits per heavy atom. The largest absolute Gasteiger partial charge is 0.492 e.